The van der Waals surface area contributed by atoms with Gasteiger partial charge < -0.3 is 20.5 Å². The van der Waals surface area contributed by atoms with Crippen molar-refractivity contribution < 1.29 is 19.1 Å². The summed E-state index contributed by atoms with van der Waals surface area (Å²) in [6.45, 7) is 8.58. The molecule has 2 unspecified atom stereocenters. The lowest BCUT2D eigenvalue weighted by molar-refractivity contribution is -0.132. The van der Waals surface area contributed by atoms with Crippen molar-refractivity contribution in [3.05, 3.63) is 59.2 Å². The number of nitrogens with zero attached hydrogens (tertiary/aromatic N) is 2. The van der Waals surface area contributed by atoms with Crippen LogP contribution in [0.15, 0.2) is 47.5 Å². The van der Waals surface area contributed by atoms with Crippen molar-refractivity contribution >= 4 is 17.8 Å². The molecule has 2 aromatic rings. The van der Waals surface area contributed by atoms with Crippen LogP contribution in [-0.4, -0.2) is 40.4 Å². The fourth-order valence-corrected chi connectivity index (χ4v) is 5.78. The lowest BCUT2D eigenvalue weighted by Crippen LogP contribution is -2.53. The van der Waals surface area contributed by atoms with E-state index in [4.69, 9.17) is 20.2 Å². The van der Waals surface area contributed by atoms with Crippen LogP contribution in [0.2, 0.25) is 0 Å². The van der Waals surface area contributed by atoms with Gasteiger partial charge in [0.25, 0.3) is 5.91 Å². The fraction of sp³-hybridized carbons (Fsp3) is 0.483. The van der Waals surface area contributed by atoms with E-state index in [9.17, 15) is 9.59 Å². The van der Waals surface area contributed by atoms with Crippen LogP contribution in [0, 0.1) is 0 Å². The highest BCUT2D eigenvalue weighted by Crippen LogP contribution is 2.41. The molecule has 8 nitrogen and oxygen atoms in total. The minimum Gasteiger partial charge on any atom is -0.493 e. The number of para-hydroxylation sites is 1. The first-order chi connectivity index (χ1) is 17.6. The van der Waals surface area contributed by atoms with E-state index in [1.165, 1.54) is 0 Å². The van der Waals surface area contributed by atoms with Gasteiger partial charge in [-0.15, -0.1) is 0 Å². The molecule has 37 heavy (non-hydrogen) atoms. The van der Waals surface area contributed by atoms with Gasteiger partial charge in [0, 0.05) is 29.5 Å². The topological polar surface area (TPSA) is 106 Å². The van der Waals surface area contributed by atoms with E-state index in [1.807, 2.05) is 64.1 Å². The Bertz CT molecular complexity index is 1250. The highest BCUT2D eigenvalue weighted by Gasteiger charge is 2.42. The van der Waals surface area contributed by atoms with Crippen LogP contribution >= 0.6 is 0 Å². The van der Waals surface area contributed by atoms with Crippen molar-refractivity contribution in [2.45, 2.75) is 83.0 Å². The number of guanidine groups is 1. The number of hydrogen-bond donors (Lipinski definition) is 2. The number of aliphatic imine (C=N–C) groups is 1. The summed E-state index contributed by atoms with van der Waals surface area (Å²) >= 11 is 0. The van der Waals surface area contributed by atoms with Crippen LogP contribution in [0.3, 0.4) is 0 Å². The minimum atomic E-state index is -0.443. The minimum absolute atomic E-state index is 0.0371. The van der Waals surface area contributed by atoms with Crippen LogP contribution in [0.25, 0.3) is 0 Å². The molecule has 0 saturated carbocycles. The molecular weight excluding hydrogens is 468 g/mol. The van der Waals surface area contributed by atoms with Gasteiger partial charge in [0.15, 0.2) is 5.96 Å². The first-order valence-corrected chi connectivity index (χ1v) is 13.2. The Kier molecular flexibility index (Phi) is 6.38. The summed E-state index contributed by atoms with van der Waals surface area (Å²) in [5, 5.41) is 3.20. The van der Waals surface area contributed by atoms with Crippen LogP contribution in [0.4, 0.5) is 0 Å². The second kappa shape index (κ2) is 9.39. The Hall–Kier alpha value is -3.55. The lowest BCUT2D eigenvalue weighted by Gasteiger charge is -2.41. The van der Waals surface area contributed by atoms with Gasteiger partial charge in [-0.25, -0.2) is 4.99 Å². The molecular formula is C29H36N4O4. The molecule has 3 heterocycles. The van der Waals surface area contributed by atoms with Gasteiger partial charge in [-0.05, 0) is 51.0 Å². The van der Waals surface area contributed by atoms with Gasteiger partial charge in [0.05, 0.1) is 30.7 Å². The van der Waals surface area contributed by atoms with E-state index in [2.05, 4.69) is 5.32 Å². The van der Waals surface area contributed by atoms with E-state index < -0.39 is 11.1 Å². The number of amides is 2. The van der Waals surface area contributed by atoms with Crippen molar-refractivity contribution in [1.29, 1.82) is 0 Å². The van der Waals surface area contributed by atoms with Crippen LogP contribution in [0.5, 0.6) is 11.5 Å². The number of ether oxygens (including phenoxy) is 2. The second-order valence-corrected chi connectivity index (χ2v) is 10.9. The number of carbonyl (C=O) groups excluding carboxylic acids is 2. The van der Waals surface area contributed by atoms with Crippen LogP contribution < -0.4 is 20.5 Å². The van der Waals surface area contributed by atoms with Gasteiger partial charge in [0.2, 0.25) is 5.91 Å². The molecule has 2 atom stereocenters. The quantitative estimate of drug-likeness (QED) is 0.617. The number of benzene rings is 2. The van der Waals surface area contributed by atoms with Crippen molar-refractivity contribution in [2.75, 3.05) is 6.61 Å². The number of rotatable bonds is 5. The normalized spacial score (nSPS) is 23.6. The molecule has 0 saturated heterocycles. The Labute approximate surface area is 218 Å². The Morgan fingerprint density at radius 3 is 2.62 bits per heavy atom. The molecule has 3 N–H and O–H groups in total. The third kappa shape index (κ3) is 4.65. The largest absolute Gasteiger partial charge is 0.493 e. The predicted octanol–water partition coefficient (Wildman–Crippen LogP) is 4.65. The molecule has 0 aliphatic carbocycles. The summed E-state index contributed by atoms with van der Waals surface area (Å²) in [5.74, 6) is 1.47. The molecule has 3 aliphatic heterocycles. The Morgan fingerprint density at radius 2 is 1.89 bits per heavy atom. The lowest BCUT2D eigenvalue weighted by atomic mass is 9.86. The second-order valence-electron chi connectivity index (χ2n) is 10.9. The zero-order chi connectivity index (χ0) is 26.4. The molecule has 5 rings (SSSR count). The van der Waals surface area contributed by atoms with Crippen molar-refractivity contribution in [2.24, 2.45) is 10.7 Å². The van der Waals surface area contributed by atoms with Crippen molar-refractivity contribution in [1.82, 2.24) is 10.2 Å². The summed E-state index contributed by atoms with van der Waals surface area (Å²) in [7, 11) is 0. The highest BCUT2D eigenvalue weighted by atomic mass is 16.5. The van der Waals surface area contributed by atoms with E-state index >= 15 is 0 Å². The molecule has 3 aliphatic rings. The van der Waals surface area contributed by atoms with Crippen LogP contribution in [-0.2, 0) is 4.79 Å². The SMILES string of the molecule is CCC1(CC)CC(=O)N(C2CCOc3ccc(C(=O)NC4CC(C)(C)Oc5ccccc54)cc32)C(N)=N1. The maximum absolute atomic E-state index is 13.5. The van der Waals surface area contributed by atoms with E-state index in [1.54, 1.807) is 11.0 Å². The Morgan fingerprint density at radius 1 is 1.14 bits per heavy atom. The zero-order valence-electron chi connectivity index (χ0n) is 22.0. The molecule has 0 spiro atoms. The smallest absolute Gasteiger partial charge is 0.251 e. The van der Waals surface area contributed by atoms with Crippen LogP contribution in [0.1, 0.15) is 93.4 Å². The standard InChI is InChI=1S/C29H36N4O4/c1-5-29(6-2)17-25(34)33(27(30)32-29)22-13-14-36-23-12-11-18(15-20(22)23)26(35)31-21-16-28(3,4)37-24-10-8-7-9-19(21)24/h7-12,15,21-22H,5-6,13-14,16-17H2,1-4H3,(H2,30,32)(H,31,35). The average Bonchev–Trinajstić information content (AvgIpc) is 2.87. The van der Waals surface area contributed by atoms with E-state index in [0.717, 1.165) is 29.7 Å². The molecule has 2 amide bonds. The molecule has 2 aromatic carbocycles. The van der Waals surface area contributed by atoms with Crippen molar-refractivity contribution in [3.8, 4) is 11.5 Å². The maximum atomic E-state index is 13.5. The van der Waals surface area contributed by atoms with Gasteiger partial charge in [-0.2, -0.15) is 0 Å². The number of nitrogens with one attached hydrogen (secondary N) is 1. The van der Waals surface area contributed by atoms with Crippen molar-refractivity contribution in [3.63, 3.8) is 0 Å². The first-order valence-electron chi connectivity index (χ1n) is 13.2. The number of hydrogen-bond acceptors (Lipinski definition) is 6. The molecule has 0 bridgehead atoms. The summed E-state index contributed by atoms with van der Waals surface area (Å²) in [4.78, 5) is 33.2. The van der Waals surface area contributed by atoms with Gasteiger partial charge in [-0.3, -0.25) is 14.5 Å². The summed E-state index contributed by atoms with van der Waals surface area (Å²) < 4.78 is 12.0. The monoisotopic (exact) mass is 504 g/mol. The van der Waals surface area contributed by atoms with E-state index in [-0.39, 0.29) is 29.9 Å². The number of fused-ring (bicyclic) bond motifs is 2. The maximum Gasteiger partial charge on any atom is 0.251 e. The van der Waals surface area contributed by atoms with E-state index in [0.29, 0.717) is 37.2 Å². The molecule has 0 radical (unpaired) electrons. The third-order valence-corrected chi connectivity index (χ3v) is 7.94. The average molecular weight is 505 g/mol. The Balaban J connectivity index is 1.43. The highest BCUT2D eigenvalue weighted by molar-refractivity contribution is 6.00. The van der Waals surface area contributed by atoms with Gasteiger partial charge in [0.1, 0.15) is 17.1 Å². The van der Waals surface area contributed by atoms with Gasteiger partial charge >= 0.3 is 0 Å². The first kappa shape index (κ1) is 25.1. The zero-order valence-corrected chi connectivity index (χ0v) is 22.0. The fourth-order valence-electron chi connectivity index (χ4n) is 5.78. The summed E-state index contributed by atoms with van der Waals surface area (Å²) in [5.41, 5.74) is 7.80. The molecule has 196 valence electrons. The number of nitrogens with two attached hydrogens (primary N) is 1. The predicted molar refractivity (Wildman–Crippen MR) is 142 cm³/mol. The molecule has 0 fully saturated rings. The van der Waals surface area contributed by atoms with Gasteiger partial charge in [-0.1, -0.05) is 32.0 Å². The molecule has 8 heteroatoms. The third-order valence-electron chi connectivity index (χ3n) is 7.94. The summed E-state index contributed by atoms with van der Waals surface area (Å²) in [6, 6.07) is 12.7. The molecule has 0 aromatic heterocycles. The summed E-state index contributed by atoms with van der Waals surface area (Å²) in [6.07, 6.45) is 3.06. The number of carbonyl (C=O) groups is 2.